The molecule has 0 aromatic carbocycles. The minimum absolute atomic E-state index is 0.0621. The van der Waals surface area contributed by atoms with Crippen LogP contribution in [-0.2, 0) is 9.53 Å². The Bertz CT molecular complexity index is 321. The van der Waals surface area contributed by atoms with Gasteiger partial charge in [-0.15, -0.1) is 0 Å². The molecular formula is C13H20N2O2. The first-order valence-electron chi connectivity index (χ1n) is 6.45. The van der Waals surface area contributed by atoms with Crippen molar-refractivity contribution < 1.29 is 9.53 Å². The molecule has 0 aromatic rings. The van der Waals surface area contributed by atoms with Gasteiger partial charge in [-0.05, 0) is 25.7 Å². The van der Waals surface area contributed by atoms with Crippen LogP contribution in [-0.4, -0.2) is 37.1 Å². The summed E-state index contributed by atoms with van der Waals surface area (Å²) in [5.41, 5.74) is -0.708. The van der Waals surface area contributed by atoms with Crippen LogP contribution in [0.15, 0.2) is 0 Å². The van der Waals surface area contributed by atoms with Gasteiger partial charge in [0.05, 0.1) is 12.2 Å². The van der Waals surface area contributed by atoms with Crippen molar-refractivity contribution in [1.82, 2.24) is 4.90 Å². The monoisotopic (exact) mass is 236 g/mol. The van der Waals surface area contributed by atoms with Gasteiger partial charge >= 0.3 is 0 Å². The molecule has 1 aliphatic carbocycles. The van der Waals surface area contributed by atoms with E-state index in [0.29, 0.717) is 0 Å². The number of likely N-dealkylation sites (tertiary alicyclic amines) is 1. The summed E-state index contributed by atoms with van der Waals surface area (Å²) in [5, 5.41) is 9.29. The Hall–Kier alpha value is -1.08. The Balaban J connectivity index is 1.99. The first kappa shape index (κ1) is 12.4. The van der Waals surface area contributed by atoms with Gasteiger partial charge in [-0.1, -0.05) is 12.8 Å². The lowest BCUT2D eigenvalue weighted by Crippen LogP contribution is -2.47. The Morgan fingerprint density at radius 1 is 1.35 bits per heavy atom. The third-order valence-corrected chi connectivity index (χ3v) is 4.14. The number of rotatable bonds is 2. The molecule has 0 bridgehead atoms. The third-order valence-electron chi connectivity index (χ3n) is 4.14. The second-order valence-corrected chi connectivity index (χ2v) is 5.13. The first-order chi connectivity index (χ1) is 8.22. The van der Waals surface area contributed by atoms with Crippen molar-refractivity contribution in [2.75, 3.05) is 20.2 Å². The van der Waals surface area contributed by atoms with Crippen molar-refractivity contribution in [3.8, 4) is 6.07 Å². The molecule has 1 aliphatic heterocycles. The molecule has 17 heavy (non-hydrogen) atoms. The van der Waals surface area contributed by atoms with E-state index in [1.54, 1.807) is 7.11 Å². The average Bonchev–Trinajstić information content (AvgIpc) is 2.88. The van der Waals surface area contributed by atoms with Crippen LogP contribution >= 0.6 is 0 Å². The number of hydrogen-bond donors (Lipinski definition) is 0. The smallest absolute Gasteiger partial charge is 0.243 e. The highest BCUT2D eigenvalue weighted by Crippen LogP contribution is 2.39. The second kappa shape index (κ2) is 5.05. The molecule has 0 N–H and O–H groups in total. The summed E-state index contributed by atoms with van der Waals surface area (Å²) in [6.45, 7) is 1.47. The van der Waals surface area contributed by atoms with Crippen molar-refractivity contribution >= 4 is 5.91 Å². The molecular weight excluding hydrogens is 216 g/mol. The lowest BCUT2D eigenvalue weighted by atomic mass is 9.85. The molecule has 1 heterocycles. The number of nitriles is 1. The predicted molar refractivity (Wildman–Crippen MR) is 63.1 cm³/mol. The molecule has 0 unspecified atom stereocenters. The van der Waals surface area contributed by atoms with Crippen LogP contribution in [0, 0.1) is 16.7 Å². The minimum atomic E-state index is -0.708. The second-order valence-electron chi connectivity index (χ2n) is 5.13. The molecule has 1 amide bonds. The van der Waals surface area contributed by atoms with E-state index in [1.807, 2.05) is 4.90 Å². The van der Waals surface area contributed by atoms with Gasteiger partial charge in [-0.25, -0.2) is 0 Å². The molecule has 0 aromatic heterocycles. The fraction of sp³-hybridized carbons (Fsp3) is 0.846. The quantitative estimate of drug-likeness (QED) is 0.733. The maximum absolute atomic E-state index is 12.4. The molecule has 2 aliphatic rings. The number of carbonyl (C=O) groups is 1. The van der Waals surface area contributed by atoms with E-state index < -0.39 is 5.41 Å². The summed E-state index contributed by atoms with van der Waals surface area (Å²) in [5.74, 6) is 0.0621. The van der Waals surface area contributed by atoms with Crippen LogP contribution in [0.25, 0.3) is 0 Å². The largest absolute Gasteiger partial charge is 0.381 e. The Morgan fingerprint density at radius 3 is 2.41 bits per heavy atom. The fourth-order valence-corrected chi connectivity index (χ4v) is 2.95. The van der Waals surface area contributed by atoms with Crippen molar-refractivity contribution in [2.24, 2.45) is 5.41 Å². The standard InChI is InChI=1S/C13H20N2O2/c1-17-11-4-8-15(9-5-11)12(16)13(10-14)6-2-3-7-13/h11H,2-9H2,1H3. The first-order valence-corrected chi connectivity index (χ1v) is 6.45. The molecule has 1 saturated heterocycles. The Morgan fingerprint density at radius 2 is 1.94 bits per heavy atom. The van der Waals surface area contributed by atoms with Crippen LogP contribution in [0.4, 0.5) is 0 Å². The van der Waals surface area contributed by atoms with Crippen LogP contribution in [0.3, 0.4) is 0 Å². The molecule has 0 atom stereocenters. The van der Waals surface area contributed by atoms with Crippen molar-refractivity contribution in [2.45, 2.75) is 44.6 Å². The number of piperidine rings is 1. The average molecular weight is 236 g/mol. The molecule has 1 saturated carbocycles. The molecule has 94 valence electrons. The molecule has 4 heteroatoms. The van der Waals surface area contributed by atoms with Gasteiger partial charge in [0.2, 0.25) is 5.91 Å². The number of ether oxygens (including phenoxy) is 1. The number of hydrogen-bond acceptors (Lipinski definition) is 3. The zero-order chi connectivity index (χ0) is 12.3. The highest BCUT2D eigenvalue weighted by molar-refractivity contribution is 5.85. The van der Waals surface area contributed by atoms with E-state index >= 15 is 0 Å². The van der Waals surface area contributed by atoms with Gasteiger partial charge in [0.1, 0.15) is 5.41 Å². The molecule has 2 rings (SSSR count). The minimum Gasteiger partial charge on any atom is -0.381 e. The van der Waals surface area contributed by atoms with Crippen molar-refractivity contribution in [3.63, 3.8) is 0 Å². The summed E-state index contributed by atoms with van der Waals surface area (Å²) in [6.07, 6.45) is 5.56. The highest BCUT2D eigenvalue weighted by atomic mass is 16.5. The lowest BCUT2D eigenvalue weighted by Gasteiger charge is -2.35. The normalized spacial score (nSPS) is 24.6. The van der Waals surface area contributed by atoms with Gasteiger partial charge in [0.15, 0.2) is 0 Å². The van der Waals surface area contributed by atoms with Crippen LogP contribution < -0.4 is 0 Å². The van der Waals surface area contributed by atoms with Crippen LogP contribution in [0.5, 0.6) is 0 Å². The maximum Gasteiger partial charge on any atom is 0.243 e. The van der Waals surface area contributed by atoms with Gasteiger partial charge in [0.25, 0.3) is 0 Å². The van der Waals surface area contributed by atoms with E-state index in [4.69, 9.17) is 4.74 Å². The summed E-state index contributed by atoms with van der Waals surface area (Å²) in [6, 6.07) is 2.28. The zero-order valence-electron chi connectivity index (χ0n) is 10.4. The number of carbonyl (C=O) groups excluding carboxylic acids is 1. The summed E-state index contributed by atoms with van der Waals surface area (Å²) < 4.78 is 5.29. The van der Waals surface area contributed by atoms with Gasteiger partial charge < -0.3 is 9.64 Å². The van der Waals surface area contributed by atoms with E-state index in [1.165, 1.54) is 0 Å². The lowest BCUT2D eigenvalue weighted by molar-refractivity contribution is -0.141. The number of nitrogens with zero attached hydrogens (tertiary/aromatic N) is 2. The van der Waals surface area contributed by atoms with E-state index in [9.17, 15) is 10.1 Å². The Labute approximate surface area is 103 Å². The topological polar surface area (TPSA) is 53.3 Å². The van der Waals surface area contributed by atoms with E-state index in [0.717, 1.165) is 51.6 Å². The van der Waals surface area contributed by atoms with Crippen molar-refractivity contribution in [1.29, 1.82) is 5.26 Å². The Kier molecular flexibility index (Phi) is 3.68. The summed E-state index contributed by atoms with van der Waals surface area (Å²) in [4.78, 5) is 14.3. The predicted octanol–water partition coefficient (Wildman–Crippen LogP) is 1.71. The summed E-state index contributed by atoms with van der Waals surface area (Å²) in [7, 11) is 1.72. The van der Waals surface area contributed by atoms with Gasteiger partial charge in [-0.2, -0.15) is 5.26 Å². The zero-order valence-corrected chi connectivity index (χ0v) is 10.4. The van der Waals surface area contributed by atoms with Crippen molar-refractivity contribution in [3.05, 3.63) is 0 Å². The number of amides is 1. The molecule has 0 radical (unpaired) electrons. The van der Waals surface area contributed by atoms with Crippen LogP contribution in [0.2, 0.25) is 0 Å². The van der Waals surface area contributed by atoms with Gasteiger partial charge in [0, 0.05) is 20.2 Å². The van der Waals surface area contributed by atoms with E-state index in [2.05, 4.69) is 6.07 Å². The molecule has 2 fully saturated rings. The SMILES string of the molecule is COC1CCN(C(=O)C2(C#N)CCCC2)CC1. The van der Waals surface area contributed by atoms with Crippen LogP contribution in [0.1, 0.15) is 38.5 Å². The number of methoxy groups -OCH3 is 1. The fourth-order valence-electron chi connectivity index (χ4n) is 2.95. The van der Waals surface area contributed by atoms with E-state index in [-0.39, 0.29) is 12.0 Å². The summed E-state index contributed by atoms with van der Waals surface area (Å²) >= 11 is 0. The molecule has 0 spiro atoms. The maximum atomic E-state index is 12.4. The molecule has 4 nitrogen and oxygen atoms in total. The third kappa shape index (κ3) is 2.30. The van der Waals surface area contributed by atoms with Gasteiger partial charge in [-0.3, -0.25) is 4.79 Å². The highest BCUT2D eigenvalue weighted by Gasteiger charge is 2.44.